The fourth-order valence-electron chi connectivity index (χ4n) is 2.37. The second-order valence-electron chi connectivity index (χ2n) is 4.21. The minimum Gasteiger partial charge on any atom is -0.388 e. The van der Waals surface area contributed by atoms with Gasteiger partial charge in [0.05, 0.1) is 0 Å². The van der Waals surface area contributed by atoms with Crippen molar-refractivity contribution >= 4 is 27.9 Å². The van der Waals surface area contributed by atoms with Gasteiger partial charge in [0.2, 0.25) is 0 Å². The first-order valence-corrected chi connectivity index (χ1v) is 5.64. The smallest absolute Gasteiger partial charge is 0.188 e. The molecule has 0 radical (unpaired) electrons. The van der Waals surface area contributed by atoms with Gasteiger partial charge < -0.3 is 5.11 Å². The van der Waals surface area contributed by atoms with Crippen LogP contribution in [0.3, 0.4) is 0 Å². The molecule has 0 aromatic heterocycles. The molecule has 3 rings (SSSR count). The molecule has 0 unspecified atom stereocenters. The molecule has 0 amide bonds. The Bertz CT molecular complexity index is 706. The van der Waals surface area contributed by atoms with E-state index < -0.39 is 12.4 Å². The monoisotopic (exact) mass is 238 g/mol. The molecule has 2 aromatic carbocycles. The van der Waals surface area contributed by atoms with Crippen molar-refractivity contribution in [1.29, 1.82) is 0 Å². The molecule has 1 aliphatic rings. The number of aliphatic hydroxyl groups excluding tert-OH is 1. The third-order valence-electron chi connectivity index (χ3n) is 3.18. The number of hydrogen-bond acceptors (Lipinski definition) is 3. The lowest BCUT2D eigenvalue weighted by Crippen LogP contribution is -2.13. The van der Waals surface area contributed by atoms with E-state index >= 15 is 0 Å². The maximum atomic E-state index is 12.0. The molecular formula is C15H10O3. The van der Waals surface area contributed by atoms with E-state index in [1.54, 1.807) is 12.1 Å². The van der Waals surface area contributed by atoms with Gasteiger partial charge in [0.15, 0.2) is 11.6 Å². The maximum Gasteiger partial charge on any atom is 0.188 e. The lowest BCUT2D eigenvalue weighted by atomic mass is 9.86. The number of Topliss-reactive ketones (excluding diaryl/α,β-unsaturated/α-hetero) is 1. The molecule has 0 fully saturated rings. The molecule has 0 spiro atoms. The van der Waals surface area contributed by atoms with Gasteiger partial charge in [-0.2, -0.15) is 0 Å². The Kier molecular flexibility index (Phi) is 2.35. The predicted molar refractivity (Wildman–Crippen MR) is 68.3 cm³/mol. The Balaban J connectivity index is 2.40. The Morgan fingerprint density at radius 2 is 1.72 bits per heavy atom. The molecule has 1 aliphatic carbocycles. The first-order chi connectivity index (χ1) is 8.72. The van der Waals surface area contributed by atoms with Crippen molar-refractivity contribution in [3.05, 3.63) is 53.6 Å². The van der Waals surface area contributed by atoms with E-state index in [2.05, 4.69) is 0 Å². The van der Waals surface area contributed by atoms with E-state index in [0.717, 1.165) is 16.3 Å². The quantitative estimate of drug-likeness (QED) is 0.870. The molecule has 3 nitrogen and oxygen atoms in total. The van der Waals surface area contributed by atoms with Gasteiger partial charge in [-0.15, -0.1) is 0 Å². The predicted octanol–water partition coefficient (Wildman–Crippen LogP) is 1.98. The highest BCUT2D eigenvalue weighted by Gasteiger charge is 2.23. The molecule has 18 heavy (non-hydrogen) atoms. The molecule has 88 valence electrons. The fourth-order valence-corrected chi connectivity index (χ4v) is 2.37. The average molecular weight is 238 g/mol. The maximum absolute atomic E-state index is 12.0. The molecule has 1 N–H and O–H groups in total. The average Bonchev–Trinajstić information content (AvgIpc) is 2.42. The van der Waals surface area contributed by atoms with Crippen molar-refractivity contribution in [2.24, 2.45) is 0 Å². The van der Waals surface area contributed by atoms with Gasteiger partial charge in [-0.1, -0.05) is 36.4 Å². The van der Waals surface area contributed by atoms with E-state index in [9.17, 15) is 9.59 Å². The molecule has 0 saturated heterocycles. The zero-order valence-electron chi connectivity index (χ0n) is 9.51. The van der Waals surface area contributed by atoms with Crippen LogP contribution in [0.4, 0.5) is 0 Å². The molecule has 3 heteroatoms. The van der Waals surface area contributed by atoms with E-state index in [4.69, 9.17) is 5.11 Å². The summed E-state index contributed by atoms with van der Waals surface area (Å²) in [6.07, 6.45) is 1.32. The van der Waals surface area contributed by atoms with Crippen LogP contribution in [0, 0.1) is 0 Å². The fraction of sp³-hybridized carbons (Fsp3) is 0.0667. The van der Waals surface area contributed by atoms with Gasteiger partial charge in [0.25, 0.3) is 0 Å². The largest absolute Gasteiger partial charge is 0.388 e. The number of aliphatic hydroxyl groups is 1. The lowest BCUT2D eigenvalue weighted by Gasteiger charge is -2.16. The first-order valence-electron chi connectivity index (χ1n) is 5.64. The van der Waals surface area contributed by atoms with E-state index in [-0.39, 0.29) is 5.78 Å². The zero-order chi connectivity index (χ0) is 12.7. The highest BCUT2D eigenvalue weighted by Crippen LogP contribution is 2.33. The van der Waals surface area contributed by atoms with E-state index in [1.165, 1.54) is 6.08 Å². The van der Waals surface area contributed by atoms with Crippen molar-refractivity contribution in [1.82, 2.24) is 0 Å². The number of carbonyl (C=O) groups is 2. The Morgan fingerprint density at radius 3 is 2.39 bits per heavy atom. The highest BCUT2D eigenvalue weighted by molar-refractivity contribution is 6.34. The van der Waals surface area contributed by atoms with Gasteiger partial charge in [0.1, 0.15) is 6.61 Å². The number of allylic oxidation sites excluding steroid dienone is 1. The standard InChI is InChI=1S/C15H10O3/c16-8-14(18)12-7-13(17)11-6-2-4-9-3-1-5-10(12)15(9)11/h1-7,16H,8H2. The van der Waals surface area contributed by atoms with Gasteiger partial charge in [-0.05, 0) is 17.0 Å². The van der Waals surface area contributed by atoms with Crippen LogP contribution in [0.25, 0.3) is 16.3 Å². The molecular weight excluding hydrogens is 228 g/mol. The van der Waals surface area contributed by atoms with Crippen LogP contribution >= 0.6 is 0 Å². The molecule has 0 saturated carbocycles. The van der Waals surface area contributed by atoms with Crippen molar-refractivity contribution in [3.63, 3.8) is 0 Å². The van der Waals surface area contributed by atoms with Crippen LogP contribution in [0.5, 0.6) is 0 Å². The first kappa shape index (κ1) is 10.9. The van der Waals surface area contributed by atoms with Crippen LogP contribution in [-0.2, 0) is 4.79 Å². The number of rotatable bonds is 2. The van der Waals surface area contributed by atoms with Crippen molar-refractivity contribution in [2.75, 3.05) is 6.61 Å². The van der Waals surface area contributed by atoms with Crippen LogP contribution in [0.2, 0.25) is 0 Å². The normalized spacial score (nSPS) is 13.6. The second kappa shape index (κ2) is 3.89. The minimum atomic E-state index is -0.586. The molecule has 0 aliphatic heterocycles. The third-order valence-corrected chi connectivity index (χ3v) is 3.18. The minimum absolute atomic E-state index is 0.184. The van der Waals surface area contributed by atoms with Crippen LogP contribution < -0.4 is 0 Å². The summed E-state index contributed by atoms with van der Waals surface area (Å²) < 4.78 is 0. The Labute approximate surface area is 103 Å². The molecule has 0 heterocycles. The number of benzene rings is 2. The van der Waals surface area contributed by atoms with Gasteiger partial charge >= 0.3 is 0 Å². The summed E-state index contributed by atoms with van der Waals surface area (Å²) in [5.74, 6) is -0.610. The SMILES string of the molecule is O=C(CO)C1=CC(=O)c2cccc3cccc1c23. The van der Waals surface area contributed by atoms with Gasteiger partial charge in [-0.25, -0.2) is 0 Å². The Hall–Kier alpha value is -2.26. The third kappa shape index (κ3) is 1.41. The van der Waals surface area contributed by atoms with Crippen LogP contribution in [0.15, 0.2) is 42.5 Å². The molecule has 0 atom stereocenters. The summed E-state index contributed by atoms with van der Waals surface area (Å²) in [5.41, 5.74) is 1.63. The van der Waals surface area contributed by atoms with Crippen molar-refractivity contribution in [3.8, 4) is 0 Å². The molecule has 2 aromatic rings. The topological polar surface area (TPSA) is 54.4 Å². The summed E-state index contributed by atoms with van der Waals surface area (Å²) >= 11 is 0. The van der Waals surface area contributed by atoms with E-state index in [0.29, 0.717) is 11.1 Å². The number of ketones is 2. The molecule has 0 bridgehead atoms. The second-order valence-corrected chi connectivity index (χ2v) is 4.21. The van der Waals surface area contributed by atoms with Crippen molar-refractivity contribution < 1.29 is 14.7 Å². The number of hydrogen-bond donors (Lipinski definition) is 1. The zero-order valence-corrected chi connectivity index (χ0v) is 9.51. The summed E-state index contributed by atoms with van der Waals surface area (Å²) in [5, 5.41) is 10.7. The number of carbonyl (C=O) groups excluding carboxylic acids is 2. The summed E-state index contributed by atoms with van der Waals surface area (Å²) in [6, 6.07) is 11.0. The van der Waals surface area contributed by atoms with Gasteiger partial charge in [0, 0.05) is 16.5 Å². The highest BCUT2D eigenvalue weighted by atomic mass is 16.3. The van der Waals surface area contributed by atoms with Crippen LogP contribution in [0.1, 0.15) is 15.9 Å². The summed E-state index contributed by atoms with van der Waals surface area (Å²) in [4.78, 5) is 23.7. The Morgan fingerprint density at radius 1 is 1.06 bits per heavy atom. The summed E-state index contributed by atoms with van der Waals surface area (Å²) in [6.45, 7) is -0.586. The summed E-state index contributed by atoms with van der Waals surface area (Å²) in [7, 11) is 0. The van der Waals surface area contributed by atoms with Crippen molar-refractivity contribution in [2.45, 2.75) is 0 Å². The van der Waals surface area contributed by atoms with Crippen LogP contribution in [-0.4, -0.2) is 23.3 Å². The lowest BCUT2D eigenvalue weighted by molar-refractivity contribution is -0.116. The van der Waals surface area contributed by atoms with E-state index in [1.807, 2.05) is 24.3 Å². The van der Waals surface area contributed by atoms with Gasteiger partial charge in [-0.3, -0.25) is 9.59 Å².